The minimum atomic E-state index is -0.809. The van der Waals surface area contributed by atoms with Gasteiger partial charge in [-0.15, -0.1) is 0 Å². The molecule has 21 heavy (non-hydrogen) atoms. The van der Waals surface area contributed by atoms with Crippen molar-refractivity contribution in [1.82, 2.24) is 5.32 Å². The molecule has 0 saturated carbocycles. The summed E-state index contributed by atoms with van der Waals surface area (Å²) in [7, 11) is 0. The number of nitrogens with one attached hydrogen (secondary N) is 1. The van der Waals surface area contributed by atoms with Crippen LogP contribution in [0.15, 0.2) is 42.5 Å². The summed E-state index contributed by atoms with van der Waals surface area (Å²) in [6.45, 7) is 5.00. The maximum atomic E-state index is 13.6. The Morgan fingerprint density at radius 3 is 2.43 bits per heavy atom. The Bertz CT molecular complexity index is 596. The predicted octanol–water partition coefficient (Wildman–Crippen LogP) is 4.62. The van der Waals surface area contributed by atoms with Crippen LogP contribution in [0.25, 0.3) is 0 Å². The van der Waals surface area contributed by atoms with Gasteiger partial charge in [0.15, 0.2) is 11.6 Å². The Kier molecular flexibility index (Phi) is 5.45. The molecule has 0 aromatic heterocycles. The third-order valence-corrected chi connectivity index (χ3v) is 3.62. The van der Waals surface area contributed by atoms with Gasteiger partial charge in [-0.05, 0) is 48.2 Å². The first-order chi connectivity index (χ1) is 10.2. The van der Waals surface area contributed by atoms with Gasteiger partial charge in [0.25, 0.3) is 0 Å². The van der Waals surface area contributed by atoms with E-state index in [1.165, 1.54) is 17.7 Å². The van der Waals surface area contributed by atoms with Gasteiger partial charge in [0, 0.05) is 0 Å². The van der Waals surface area contributed by atoms with Crippen molar-refractivity contribution in [3.8, 4) is 0 Å². The molecule has 0 saturated heterocycles. The van der Waals surface area contributed by atoms with E-state index in [-0.39, 0.29) is 6.04 Å². The lowest BCUT2D eigenvalue weighted by atomic mass is 9.93. The second kappa shape index (κ2) is 7.32. The molecular weight excluding hydrogens is 268 g/mol. The van der Waals surface area contributed by atoms with E-state index in [4.69, 9.17) is 0 Å². The number of benzene rings is 2. The van der Waals surface area contributed by atoms with Gasteiger partial charge in [0.1, 0.15) is 0 Å². The monoisotopic (exact) mass is 289 g/mol. The van der Waals surface area contributed by atoms with Crippen molar-refractivity contribution in [2.75, 3.05) is 6.54 Å². The van der Waals surface area contributed by atoms with E-state index in [1.807, 2.05) is 18.2 Å². The van der Waals surface area contributed by atoms with Crippen LogP contribution in [-0.4, -0.2) is 6.54 Å². The minimum absolute atomic E-state index is 0.115. The summed E-state index contributed by atoms with van der Waals surface area (Å²) in [5.41, 5.74) is 3.10. The third kappa shape index (κ3) is 3.67. The average molecular weight is 289 g/mol. The lowest BCUT2D eigenvalue weighted by molar-refractivity contribution is 0.503. The van der Waals surface area contributed by atoms with Gasteiger partial charge in [0.05, 0.1) is 6.04 Å². The Balaban J connectivity index is 2.44. The number of aryl methyl sites for hydroxylation is 1. The van der Waals surface area contributed by atoms with Gasteiger partial charge >= 0.3 is 0 Å². The molecule has 0 aliphatic heterocycles. The van der Waals surface area contributed by atoms with E-state index in [0.29, 0.717) is 0 Å². The van der Waals surface area contributed by atoms with Crippen LogP contribution in [0.5, 0.6) is 0 Å². The van der Waals surface area contributed by atoms with Gasteiger partial charge in [0.2, 0.25) is 0 Å². The molecule has 0 spiro atoms. The summed E-state index contributed by atoms with van der Waals surface area (Å²) in [6.07, 6.45) is 1.89. The normalized spacial score (nSPS) is 12.4. The molecule has 3 heteroatoms. The van der Waals surface area contributed by atoms with Crippen molar-refractivity contribution < 1.29 is 8.78 Å². The number of rotatable bonds is 6. The minimum Gasteiger partial charge on any atom is -0.306 e. The third-order valence-electron chi connectivity index (χ3n) is 3.62. The van der Waals surface area contributed by atoms with E-state index in [2.05, 4.69) is 25.2 Å². The van der Waals surface area contributed by atoms with Crippen molar-refractivity contribution in [3.63, 3.8) is 0 Å². The highest BCUT2D eigenvalue weighted by Crippen LogP contribution is 2.26. The SMILES string of the molecule is CCCNC(c1ccc(F)c(F)c1)c1ccccc1CC. The van der Waals surface area contributed by atoms with E-state index >= 15 is 0 Å². The summed E-state index contributed by atoms with van der Waals surface area (Å²) in [6, 6.07) is 12.1. The molecule has 0 bridgehead atoms. The van der Waals surface area contributed by atoms with Crippen LogP contribution < -0.4 is 5.32 Å². The molecule has 2 aromatic carbocycles. The van der Waals surface area contributed by atoms with Crippen LogP contribution >= 0.6 is 0 Å². The quantitative estimate of drug-likeness (QED) is 0.818. The van der Waals surface area contributed by atoms with E-state index < -0.39 is 11.6 Å². The lowest BCUT2D eigenvalue weighted by Crippen LogP contribution is -2.24. The summed E-state index contributed by atoms with van der Waals surface area (Å²) >= 11 is 0. The molecule has 0 aliphatic carbocycles. The van der Waals surface area contributed by atoms with E-state index in [0.717, 1.165) is 30.5 Å². The highest BCUT2D eigenvalue weighted by atomic mass is 19.2. The molecule has 2 aromatic rings. The van der Waals surface area contributed by atoms with Crippen molar-refractivity contribution in [2.24, 2.45) is 0 Å². The zero-order valence-corrected chi connectivity index (χ0v) is 12.5. The molecule has 0 radical (unpaired) electrons. The number of hydrogen-bond donors (Lipinski definition) is 1. The standard InChI is InChI=1S/C18H21F2N/c1-3-11-21-18(14-9-10-16(19)17(20)12-14)15-8-6-5-7-13(15)4-2/h5-10,12,18,21H,3-4,11H2,1-2H3. The molecule has 0 aliphatic rings. The number of hydrogen-bond acceptors (Lipinski definition) is 1. The van der Waals surface area contributed by atoms with Crippen molar-refractivity contribution >= 4 is 0 Å². The fourth-order valence-electron chi connectivity index (χ4n) is 2.53. The van der Waals surface area contributed by atoms with E-state index in [1.54, 1.807) is 6.07 Å². The smallest absolute Gasteiger partial charge is 0.159 e. The molecular formula is C18H21F2N. The molecule has 1 unspecified atom stereocenters. The average Bonchev–Trinajstić information content (AvgIpc) is 2.51. The van der Waals surface area contributed by atoms with E-state index in [9.17, 15) is 8.78 Å². The van der Waals surface area contributed by atoms with Crippen molar-refractivity contribution in [3.05, 3.63) is 70.8 Å². The highest BCUT2D eigenvalue weighted by molar-refractivity contribution is 5.37. The lowest BCUT2D eigenvalue weighted by Gasteiger charge is -2.22. The topological polar surface area (TPSA) is 12.0 Å². The van der Waals surface area contributed by atoms with Gasteiger partial charge in [-0.2, -0.15) is 0 Å². The Morgan fingerprint density at radius 1 is 1.00 bits per heavy atom. The fourth-order valence-corrected chi connectivity index (χ4v) is 2.53. The first-order valence-electron chi connectivity index (χ1n) is 7.43. The molecule has 0 fully saturated rings. The van der Waals surface area contributed by atoms with Crippen LogP contribution in [0.3, 0.4) is 0 Å². The summed E-state index contributed by atoms with van der Waals surface area (Å²) in [4.78, 5) is 0. The molecule has 0 amide bonds. The Labute approximate surface area is 125 Å². The molecule has 112 valence electrons. The predicted molar refractivity (Wildman–Crippen MR) is 82.3 cm³/mol. The summed E-state index contributed by atoms with van der Waals surface area (Å²) in [5, 5.41) is 3.43. The summed E-state index contributed by atoms with van der Waals surface area (Å²) < 4.78 is 26.7. The zero-order chi connectivity index (χ0) is 15.2. The maximum Gasteiger partial charge on any atom is 0.159 e. The second-order valence-electron chi connectivity index (χ2n) is 5.11. The van der Waals surface area contributed by atoms with Crippen molar-refractivity contribution in [1.29, 1.82) is 0 Å². The van der Waals surface area contributed by atoms with Crippen LogP contribution in [0.1, 0.15) is 43.0 Å². The largest absolute Gasteiger partial charge is 0.306 e. The van der Waals surface area contributed by atoms with Crippen LogP contribution in [0.4, 0.5) is 8.78 Å². The highest BCUT2D eigenvalue weighted by Gasteiger charge is 2.17. The molecule has 1 atom stereocenters. The Morgan fingerprint density at radius 2 is 1.76 bits per heavy atom. The first kappa shape index (κ1) is 15.6. The molecule has 1 nitrogen and oxygen atoms in total. The Hall–Kier alpha value is -1.74. The summed E-state index contributed by atoms with van der Waals surface area (Å²) in [5.74, 6) is -1.61. The molecule has 1 N–H and O–H groups in total. The van der Waals surface area contributed by atoms with Crippen LogP contribution in [0, 0.1) is 11.6 Å². The first-order valence-corrected chi connectivity index (χ1v) is 7.43. The van der Waals surface area contributed by atoms with Gasteiger partial charge < -0.3 is 5.32 Å². The zero-order valence-electron chi connectivity index (χ0n) is 12.5. The van der Waals surface area contributed by atoms with Crippen LogP contribution in [-0.2, 0) is 6.42 Å². The second-order valence-corrected chi connectivity index (χ2v) is 5.11. The maximum absolute atomic E-state index is 13.6. The molecule has 0 heterocycles. The van der Waals surface area contributed by atoms with Gasteiger partial charge in [-0.25, -0.2) is 8.78 Å². The number of halogens is 2. The van der Waals surface area contributed by atoms with Gasteiger partial charge in [-0.1, -0.05) is 44.2 Å². The van der Waals surface area contributed by atoms with Crippen molar-refractivity contribution in [2.45, 2.75) is 32.7 Å². The fraction of sp³-hybridized carbons (Fsp3) is 0.333. The molecule has 2 rings (SSSR count). The van der Waals surface area contributed by atoms with Crippen LogP contribution in [0.2, 0.25) is 0 Å². The van der Waals surface area contributed by atoms with Gasteiger partial charge in [-0.3, -0.25) is 0 Å².